The zero-order valence-electron chi connectivity index (χ0n) is 12.0. The van der Waals surface area contributed by atoms with Gasteiger partial charge in [0.2, 0.25) is 0 Å². The summed E-state index contributed by atoms with van der Waals surface area (Å²) in [7, 11) is 1.60. The van der Waals surface area contributed by atoms with E-state index < -0.39 is 11.8 Å². The van der Waals surface area contributed by atoms with Crippen molar-refractivity contribution in [2.45, 2.75) is 6.42 Å². The van der Waals surface area contributed by atoms with Crippen LogP contribution >= 0.6 is 0 Å². The minimum atomic E-state index is -1.18. The minimum Gasteiger partial charge on any atom is -0.497 e. The van der Waals surface area contributed by atoms with Gasteiger partial charge in [0.1, 0.15) is 11.3 Å². The number of rotatable bonds is 3. The van der Waals surface area contributed by atoms with Crippen LogP contribution in [0, 0.1) is 0 Å². The van der Waals surface area contributed by atoms with E-state index in [2.05, 4.69) is 0 Å². The Morgan fingerprint density at radius 3 is 2.41 bits per heavy atom. The zero-order chi connectivity index (χ0) is 15.7. The summed E-state index contributed by atoms with van der Waals surface area (Å²) in [6.07, 6.45) is 1.94. The van der Waals surface area contributed by atoms with Crippen molar-refractivity contribution in [2.24, 2.45) is 0 Å². The highest BCUT2D eigenvalue weighted by atomic mass is 16.5. The van der Waals surface area contributed by atoms with Gasteiger partial charge in [-0.2, -0.15) is 0 Å². The molecule has 2 aromatic rings. The lowest BCUT2D eigenvalue weighted by Gasteiger charge is -2.15. The first-order chi connectivity index (χ1) is 10.6. The van der Waals surface area contributed by atoms with Gasteiger partial charge in [0.05, 0.1) is 7.11 Å². The van der Waals surface area contributed by atoms with Gasteiger partial charge >= 0.3 is 5.97 Å². The Morgan fingerprint density at radius 1 is 1.09 bits per heavy atom. The molecule has 0 radical (unpaired) electrons. The molecule has 0 aliphatic heterocycles. The van der Waals surface area contributed by atoms with Gasteiger partial charge in [0, 0.05) is 5.56 Å². The lowest BCUT2D eigenvalue weighted by molar-refractivity contribution is -0.132. The normalized spacial score (nSPS) is 13.3. The highest BCUT2D eigenvalue weighted by Gasteiger charge is 2.25. The Morgan fingerprint density at radius 2 is 1.77 bits per heavy atom. The molecule has 1 N–H and O–H groups in total. The maximum absolute atomic E-state index is 12.3. The van der Waals surface area contributed by atoms with Crippen LogP contribution in [0.15, 0.2) is 54.1 Å². The summed E-state index contributed by atoms with van der Waals surface area (Å²) in [6.45, 7) is 0. The van der Waals surface area contributed by atoms with Crippen LogP contribution in [0.5, 0.6) is 5.75 Å². The van der Waals surface area contributed by atoms with E-state index in [1.807, 2.05) is 36.4 Å². The van der Waals surface area contributed by atoms with E-state index in [0.29, 0.717) is 12.0 Å². The topological polar surface area (TPSA) is 63.6 Å². The van der Waals surface area contributed by atoms with Crippen LogP contribution in [0.2, 0.25) is 0 Å². The van der Waals surface area contributed by atoms with E-state index in [9.17, 15) is 9.59 Å². The molecule has 0 saturated heterocycles. The lowest BCUT2D eigenvalue weighted by atomic mass is 9.88. The molecule has 0 fully saturated rings. The first-order valence-corrected chi connectivity index (χ1v) is 6.85. The molecule has 1 aliphatic carbocycles. The van der Waals surface area contributed by atoms with Crippen LogP contribution in [0.4, 0.5) is 0 Å². The van der Waals surface area contributed by atoms with E-state index in [1.165, 1.54) is 6.08 Å². The fraction of sp³-hybridized carbons (Fsp3) is 0.111. The number of carbonyl (C=O) groups is 2. The molecule has 0 saturated carbocycles. The fourth-order valence-electron chi connectivity index (χ4n) is 2.56. The summed E-state index contributed by atoms with van der Waals surface area (Å²) in [5, 5.41) is 9.08. The molecule has 110 valence electrons. The van der Waals surface area contributed by atoms with Gasteiger partial charge in [0.15, 0.2) is 5.78 Å². The van der Waals surface area contributed by atoms with Crippen LogP contribution < -0.4 is 4.74 Å². The van der Waals surface area contributed by atoms with Crippen LogP contribution in [-0.4, -0.2) is 24.0 Å². The third kappa shape index (κ3) is 2.39. The Bertz CT molecular complexity index is 785. The first-order valence-electron chi connectivity index (χ1n) is 6.85. The second-order valence-electron chi connectivity index (χ2n) is 5.06. The number of Topliss-reactive ketones (excluding diaryl/α,β-unsaturated/α-hetero) is 1. The summed E-state index contributed by atoms with van der Waals surface area (Å²) >= 11 is 0. The summed E-state index contributed by atoms with van der Waals surface area (Å²) in [5.74, 6) is -0.844. The molecule has 0 aromatic heterocycles. The quantitative estimate of drug-likeness (QED) is 0.883. The molecule has 0 amide bonds. The number of ether oxygens (including phenoxy) is 1. The summed E-state index contributed by atoms with van der Waals surface area (Å²) in [6, 6.07) is 13.1. The van der Waals surface area contributed by atoms with Crippen molar-refractivity contribution < 1.29 is 19.4 Å². The Kier molecular flexibility index (Phi) is 3.51. The minimum absolute atomic E-state index is 0.153. The van der Waals surface area contributed by atoms with Crippen LogP contribution in [-0.2, 0) is 11.2 Å². The standard InChI is InChI=1S/C18H14O4/c1-22-14-7-4-11(5-8-14)13-3-2-12-6-9-15(18(20)21)17(19)16(12)10-13/h2-5,7-10H,6H2,1H3,(H,20,21). The van der Waals surface area contributed by atoms with Gasteiger partial charge < -0.3 is 9.84 Å². The number of fused-ring (bicyclic) bond motifs is 1. The molecule has 0 spiro atoms. The number of hydrogen-bond acceptors (Lipinski definition) is 3. The number of allylic oxidation sites excluding steroid dienone is 1. The number of benzene rings is 2. The van der Waals surface area contributed by atoms with E-state index in [0.717, 1.165) is 22.4 Å². The number of carbonyl (C=O) groups excluding carboxylic acids is 1. The van der Waals surface area contributed by atoms with Gasteiger partial charge in [-0.25, -0.2) is 4.79 Å². The van der Waals surface area contributed by atoms with Gasteiger partial charge in [0.25, 0.3) is 0 Å². The highest BCUT2D eigenvalue weighted by Crippen LogP contribution is 2.28. The Balaban J connectivity index is 2.01. The average Bonchev–Trinajstić information content (AvgIpc) is 2.55. The Labute approximate surface area is 127 Å². The maximum atomic E-state index is 12.3. The number of ketones is 1. The number of carboxylic acids is 1. The SMILES string of the molecule is COc1ccc(-c2ccc3c(c2)C(=O)C(C(=O)O)=CC3)cc1. The summed E-state index contributed by atoms with van der Waals surface area (Å²) in [5.41, 5.74) is 2.99. The van der Waals surface area contributed by atoms with Crippen molar-refractivity contribution in [1.29, 1.82) is 0 Å². The van der Waals surface area contributed by atoms with Crippen LogP contribution in [0.25, 0.3) is 11.1 Å². The van der Waals surface area contributed by atoms with Gasteiger partial charge in [-0.05, 0) is 41.3 Å². The average molecular weight is 294 g/mol. The summed E-state index contributed by atoms with van der Waals surface area (Å²) < 4.78 is 5.13. The smallest absolute Gasteiger partial charge is 0.339 e. The third-order valence-electron chi connectivity index (χ3n) is 3.78. The zero-order valence-corrected chi connectivity index (χ0v) is 12.0. The third-order valence-corrected chi connectivity index (χ3v) is 3.78. The molecule has 3 rings (SSSR count). The van der Waals surface area contributed by atoms with E-state index >= 15 is 0 Å². The van der Waals surface area contributed by atoms with Crippen molar-refractivity contribution in [3.63, 3.8) is 0 Å². The van der Waals surface area contributed by atoms with E-state index in [1.54, 1.807) is 13.2 Å². The molecule has 0 atom stereocenters. The summed E-state index contributed by atoms with van der Waals surface area (Å²) in [4.78, 5) is 23.4. The van der Waals surface area contributed by atoms with Crippen LogP contribution in [0.3, 0.4) is 0 Å². The van der Waals surface area contributed by atoms with Crippen molar-refractivity contribution in [3.05, 3.63) is 65.2 Å². The van der Waals surface area contributed by atoms with Crippen molar-refractivity contribution in [3.8, 4) is 16.9 Å². The highest BCUT2D eigenvalue weighted by molar-refractivity contribution is 6.25. The van der Waals surface area contributed by atoms with Crippen molar-refractivity contribution in [2.75, 3.05) is 7.11 Å². The maximum Gasteiger partial charge on any atom is 0.339 e. The largest absolute Gasteiger partial charge is 0.497 e. The second-order valence-corrected chi connectivity index (χ2v) is 5.06. The molecule has 4 heteroatoms. The van der Waals surface area contributed by atoms with Crippen LogP contribution in [0.1, 0.15) is 15.9 Å². The second kappa shape index (κ2) is 5.48. The fourth-order valence-corrected chi connectivity index (χ4v) is 2.56. The first kappa shape index (κ1) is 14.1. The molecule has 1 aliphatic rings. The van der Waals surface area contributed by atoms with Gasteiger partial charge in [-0.1, -0.05) is 30.3 Å². The number of carboxylic acid groups (broad SMARTS) is 1. The molecule has 0 bridgehead atoms. The van der Waals surface area contributed by atoms with E-state index in [4.69, 9.17) is 9.84 Å². The molecule has 0 unspecified atom stereocenters. The van der Waals surface area contributed by atoms with Gasteiger partial charge in [-0.3, -0.25) is 4.79 Å². The number of methoxy groups -OCH3 is 1. The van der Waals surface area contributed by atoms with Gasteiger partial charge in [-0.15, -0.1) is 0 Å². The molecular weight excluding hydrogens is 280 g/mol. The molecule has 4 nitrogen and oxygen atoms in total. The number of aliphatic carboxylic acids is 1. The monoisotopic (exact) mass is 294 g/mol. The molecule has 0 heterocycles. The number of hydrogen-bond donors (Lipinski definition) is 1. The predicted octanol–water partition coefficient (Wildman–Crippen LogP) is 3.11. The molecule has 2 aromatic carbocycles. The molecular formula is C18H14O4. The van der Waals surface area contributed by atoms with Crippen molar-refractivity contribution >= 4 is 11.8 Å². The van der Waals surface area contributed by atoms with Crippen molar-refractivity contribution in [1.82, 2.24) is 0 Å². The lowest BCUT2D eigenvalue weighted by Crippen LogP contribution is -2.18. The Hall–Kier alpha value is -2.88. The predicted molar refractivity (Wildman–Crippen MR) is 82.2 cm³/mol. The molecule has 22 heavy (non-hydrogen) atoms. The van der Waals surface area contributed by atoms with E-state index in [-0.39, 0.29) is 5.57 Å².